The lowest BCUT2D eigenvalue weighted by molar-refractivity contribution is -0.123. The molecular formula is C25H27N5O5S3. The van der Waals surface area contributed by atoms with Crippen LogP contribution in [-0.2, 0) is 19.4 Å². The topological polar surface area (TPSA) is 161 Å². The van der Waals surface area contributed by atoms with Crippen molar-refractivity contribution in [2.75, 3.05) is 16.9 Å². The molecule has 1 saturated carbocycles. The maximum atomic E-state index is 12.9. The van der Waals surface area contributed by atoms with Crippen LogP contribution >= 0.6 is 23.1 Å². The van der Waals surface area contributed by atoms with Gasteiger partial charge in [-0.1, -0.05) is 54.1 Å². The Morgan fingerprint density at radius 1 is 1.08 bits per heavy atom. The smallest absolute Gasteiger partial charge is 0.235 e. The minimum absolute atomic E-state index is 0.00156. The van der Waals surface area contributed by atoms with E-state index < -0.39 is 33.4 Å². The quantitative estimate of drug-likeness (QED) is 0.240. The molecule has 4 rings (SSSR count). The number of nitrogens with zero attached hydrogens (tertiary/aromatic N) is 2. The number of carbonyl (C=O) groups excluding carboxylic acids is 3. The Labute approximate surface area is 228 Å². The van der Waals surface area contributed by atoms with Crippen molar-refractivity contribution in [1.82, 2.24) is 9.97 Å². The van der Waals surface area contributed by atoms with Crippen molar-refractivity contribution in [3.8, 4) is 0 Å². The van der Waals surface area contributed by atoms with Gasteiger partial charge in [0.1, 0.15) is 17.1 Å². The number of benzene rings is 1. The second-order valence-corrected chi connectivity index (χ2v) is 13.3. The summed E-state index contributed by atoms with van der Waals surface area (Å²) in [5, 5.41) is 4.53. The lowest BCUT2D eigenvalue weighted by atomic mass is 9.95. The monoisotopic (exact) mass is 573 g/mol. The highest BCUT2D eigenvalue weighted by molar-refractivity contribution is 8.01. The molecule has 1 unspecified atom stereocenters. The number of rotatable bonds is 10. The van der Waals surface area contributed by atoms with Gasteiger partial charge in [0.15, 0.2) is 26.1 Å². The summed E-state index contributed by atoms with van der Waals surface area (Å²) in [5.41, 5.74) is 6.83. The fraction of sp³-hybridized carbons (Fsp3) is 0.320. The van der Waals surface area contributed by atoms with Gasteiger partial charge in [-0.3, -0.25) is 14.4 Å². The summed E-state index contributed by atoms with van der Waals surface area (Å²) >= 11 is 2.21. The molecule has 1 aromatic carbocycles. The van der Waals surface area contributed by atoms with Gasteiger partial charge < -0.3 is 16.4 Å². The van der Waals surface area contributed by atoms with Crippen LogP contribution in [0.4, 0.5) is 10.8 Å². The number of Topliss-reactive ketones (excluding diaryl/α,β-unsaturated/α-hetero) is 1. The van der Waals surface area contributed by atoms with Crippen molar-refractivity contribution < 1.29 is 22.8 Å². The van der Waals surface area contributed by atoms with Crippen molar-refractivity contribution in [2.24, 2.45) is 11.7 Å². The molecule has 2 amide bonds. The molecule has 2 heterocycles. The minimum Gasteiger partial charge on any atom is -0.325 e. The summed E-state index contributed by atoms with van der Waals surface area (Å²) in [5.74, 6) is -1.29. The van der Waals surface area contributed by atoms with Crippen LogP contribution in [0.15, 0.2) is 57.9 Å². The summed E-state index contributed by atoms with van der Waals surface area (Å²) in [6.07, 6.45) is 5.78. The zero-order valence-electron chi connectivity index (χ0n) is 20.5. The van der Waals surface area contributed by atoms with E-state index in [4.69, 9.17) is 5.73 Å². The highest BCUT2D eigenvalue weighted by Gasteiger charge is 2.28. The fourth-order valence-electron chi connectivity index (χ4n) is 4.05. The third-order valence-electron chi connectivity index (χ3n) is 5.95. The van der Waals surface area contributed by atoms with Gasteiger partial charge in [0.05, 0.1) is 9.90 Å². The Hall–Kier alpha value is -3.13. The average Bonchev–Trinajstić information content (AvgIpc) is 3.54. The van der Waals surface area contributed by atoms with Crippen LogP contribution in [0.25, 0.3) is 0 Å². The number of carbonyl (C=O) groups is 3. The average molecular weight is 574 g/mol. The maximum absolute atomic E-state index is 12.9. The number of hydrogen-bond donors (Lipinski definition) is 3. The van der Waals surface area contributed by atoms with E-state index in [0.717, 1.165) is 43.3 Å². The Bertz CT molecular complexity index is 1440. The van der Waals surface area contributed by atoms with Gasteiger partial charge in [-0.25, -0.2) is 18.4 Å². The number of nitrogens with two attached hydrogens (primary N) is 1. The molecule has 0 aliphatic heterocycles. The number of hydrogen-bond acceptors (Lipinski definition) is 10. The zero-order chi connectivity index (χ0) is 27.3. The van der Waals surface area contributed by atoms with Crippen LogP contribution in [0.3, 0.4) is 0 Å². The second kappa shape index (κ2) is 12.2. The molecule has 1 aliphatic rings. The SMILES string of the molecule is CS(=O)(=O)C(N)c1nc(NC(=O)CC(=O)Nc2ccccc2C(=O)C2CCCC2)sc1Sc1ccccn1. The molecule has 0 radical (unpaired) electrons. The molecule has 1 fully saturated rings. The van der Waals surface area contributed by atoms with Gasteiger partial charge in [-0.15, -0.1) is 0 Å². The van der Waals surface area contributed by atoms with Crippen molar-refractivity contribution >= 4 is 61.4 Å². The van der Waals surface area contributed by atoms with Crippen molar-refractivity contribution in [3.63, 3.8) is 0 Å². The molecule has 1 aliphatic carbocycles. The Kier molecular flexibility index (Phi) is 8.92. The van der Waals surface area contributed by atoms with E-state index in [1.807, 2.05) is 0 Å². The molecule has 2 aromatic heterocycles. The lowest BCUT2D eigenvalue weighted by Crippen LogP contribution is -2.23. The number of aromatic nitrogens is 2. The van der Waals surface area contributed by atoms with Crippen molar-refractivity contribution in [2.45, 2.75) is 46.7 Å². The van der Waals surface area contributed by atoms with E-state index in [-0.39, 0.29) is 22.5 Å². The van der Waals surface area contributed by atoms with Crippen molar-refractivity contribution in [3.05, 3.63) is 59.9 Å². The Morgan fingerprint density at radius 3 is 2.45 bits per heavy atom. The Morgan fingerprint density at radius 2 is 1.76 bits per heavy atom. The number of ketones is 1. The predicted octanol–water partition coefficient (Wildman–Crippen LogP) is 4.03. The number of amides is 2. The predicted molar refractivity (Wildman–Crippen MR) is 147 cm³/mol. The standard InChI is InChI=1S/C25H27N5O5S3/c1-38(34,35)23(26)21-24(36-20-12-6-7-13-27-20)37-25(30-21)29-19(32)14-18(31)28-17-11-5-4-10-16(17)22(33)15-8-2-3-9-15/h4-7,10-13,15,23H,2-3,8-9,14,26H2,1H3,(H,28,31)(H,29,30,32). The zero-order valence-corrected chi connectivity index (χ0v) is 23.0. The van der Waals surface area contributed by atoms with Crippen molar-refractivity contribution in [1.29, 1.82) is 0 Å². The summed E-state index contributed by atoms with van der Waals surface area (Å²) in [7, 11) is -3.67. The molecule has 0 saturated heterocycles. The third-order valence-corrected chi connectivity index (χ3v) is 9.22. The molecule has 0 spiro atoms. The first-order chi connectivity index (χ1) is 18.1. The normalized spacial score (nSPS) is 14.7. The number of pyridine rings is 1. The van der Waals surface area contributed by atoms with Gasteiger partial charge in [0, 0.05) is 23.9 Å². The molecule has 0 bridgehead atoms. The molecule has 1 atom stereocenters. The lowest BCUT2D eigenvalue weighted by Gasteiger charge is -2.13. The minimum atomic E-state index is -3.67. The van der Waals surface area contributed by atoms with E-state index in [0.29, 0.717) is 20.5 Å². The van der Waals surface area contributed by atoms with E-state index in [2.05, 4.69) is 20.6 Å². The van der Waals surface area contributed by atoms with Gasteiger partial charge in [-0.05, 0) is 37.1 Å². The van der Waals surface area contributed by atoms with Crippen LogP contribution in [0.1, 0.15) is 53.5 Å². The molecule has 38 heavy (non-hydrogen) atoms. The first-order valence-electron chi connectivity index (χ1n) is 11.9. The van der Waals surface area contributed by atoms with E-state index in [9.17, 15) is 22.8 Å². The fourth-order valence-corrected chi connectivity index (χ4v) is 6.92. The largest absolute Gasteiger partial charge is 0.325 e. The van der Waals surface area contributed by atoms with E-state index >= 15 is 0 Å². The number of para-hydroxylation sites is 1. The van der Waals surface area contributed by atoms with Crippen LogP contribution in [0.2, 0.25) is 0 Å². The summed E-state index contributed by atoms with van der Waals surface area (Å²) in [6.45, 7) is 0. The molecule has 3 aromatic rings. The first kappa shape index (κ1) is 27.9. The third kappa shape index (κ3) is 7.04. The highest BCUT2D eigenvalue weighted by atomic mass is 32.2. The second-order valence-electron chi connectivity index (χ2n) is 8.88. The van der Waals surface area contributed by atoms with Crippen LogP contribution in [-0.4, -0.2) is 42.2 Å². The van der Waals surface area contributed by atoms with Gasteiger partial charge >= 0.3 is 0 Å². The summed E-state index contributed by atoms with van der Waals surface area (Å²) in [4.78, 5) is 46.7. The van der Waals surface area contributed by atoms with E-state index in [1.165, 1.54) is 11.8 Å². The number of sulfone groups is 1. The number of anilines is 2. The van der Waals surface area contributed by atoms with Gasteiger partial charge in [-0.2, -0.15) is 0 Å². The van der Waals surface area contributed by atoms with Crippen LogP contribution < -0.4 is 16.4 Å². The van der Waals surface area contributed by atoms with Gasteiger partial charge in [0.25, 0.3) is 0 Å². The Balaban J connectivity index is 1.45. The molecule has 13 heteroatoms. The van der Waals surface area contributed by atoms with Gasteiger partial charge in [0.2, 0.25) is 11.8 Å². The molecule has 200 valence electrons. The maximum Gasteiger partial charge on any atom is 0.235 e. The summed E-state index contributed by atoms with van der Waals surface area (Å²) < 4.78 is 24.7. The number of nitrogens with one attached hydrogen (secondary N) is 2. The number of thiazole rings is 1. The molecular weight excluding hydrogens is 547 g/mol. The molecule has 4 N–H and O–H groups in total. The van der Waals surface area contributed by atoms with Crippen LogP contribution in [0, 0.1) is 5.92 Å². The van der Waals surface area contributed by atoms with E-state index in [1.54, 1.807) is 48.7 Å². The van der Waals surface area contributed by atoms with Crippen LogP contribution in [0.5, 0.6) is 0 Å². The summed E-state index contributed by atoms with van der Waals surface area (Å²) in [6, 6.07) is 12.1. The first-order valence-corrected chi connectivity index (χ1v) is 15.5. The molecule has 10 nitrogen and oxygen atoms in total. The highest BCUT2D eigenvalue weighted by Crippen LogP contribution is 2.39.